The summed E-state index contributed by atoms with van der Waals surface area (Å²) in [4.78, 5) is 4.50. The zero-order chi connectivity index (χ0) is 15.4. The third-order valence-electron chi connectivity index (χ3n) is 3.32. The molecule has 1 N–H and O–H groups in total. The van der Waals surface area contributed by atoms with Gasteiger partial charge < -0.3 is 10.1 Å². The van der Waals surface area contributed by atoms with Crippen molar-refractivity contribution in [3.63, 3.8) is 0 Å². The number of benzene rings is 1. The summed E-state index contributed by atoms with van der Waals surface area (Å²) in [7, 11) is 1.81. The molecular formula is C16H21FN2OS. The van der Waals surface area contributed by atoms with Gasteiger partial charge in [0.1, 0.15) is 18.2 Å². The van der Waals surface area contributed by atoms with Crippen molar-refractivity contribution in [3.8, 4) is 5.75 Å². The molecular weight excluding hydrogens is 287 g/mol. The van der Waals surface area contributed by atoms with E-state index in [1.54, 1.807) is 23.5 Å². The molecule has 1 heterocycles. The van der Waals surface area contributed by atoms with Gasteiger partial charge in [0.15, 0.2) is 0 Å². The summed E-state index contributed by atoms with van der Waals surface area (Å²) in [6.07, 6.45) is 0. The molecule has 2 aromatic rings. The first-order chi connectivity index (χ1) is 10.0. The third kappa shape index (κ3) is 4.02. The molecule has 5 heteroatoms. The maximum Gasteiger partial charge on any atom is 0.131 e. The number of nitrogens with one attached hydrogen (secondary N) is 1. The van der Waals surface area contributed by atoms with Crippen LogP contribution in [0.25, 0.3) is 0 Å². The lowest BCUT2D eigenvalue weighted by atomic mass is 10.1. The van der Waals surface area contributed by atoms with Crippen molar-refractivity contribution in [2.75, 3.05) is 7.05 Å². The summed E-state index contributed by atoms with van der Waals surface area (Å²) in [6.45, 7) is 6.51. The monoisotopic (exact) mass is 308 g/mol. The van der Waals surface area contributed by atoms with Crippen molar-refractivity contribution in [1.82, 2.24) is 10.3 Å². The molecule has 0 aliphatic rings. The molecule has 0 bridgehead atoms. The van der Waals surface area contributed by atoms with Gasteiger partial charge in [-0.05, 0) is 20.0 Å². The summed E-state index contributed by atoms with van der Waals surface area (Å²) in [5.41, 5.74) is 1.53. The first-order valence-electron chi connectivity index (χ1n) is 7.05. The quantitative estimate of drug-likeness (QED) is 0.865. The molecule has 1 unspecified atom stereocenters. The maximum absolute atomic E-state index is 14.0. The fourth-order valence-electron chi connectivity index (χ4n) is 1.92. The standard InChI is InChI=1S/C16H21FN2OS/c1-10(2)16-19-12(9-21-16)8-20-13-5-6-14(11(3)18-4)15(17)7-13/h5-7,9-11,18H,8H2,1-4H3. The Morgan fingerprint density at radius 2 is 2.10 bits per heavy atom. The molecule has 3 nitrogen and oxygen atoms in total. The summed E-state index contributed by atoms with van der Waals surface area (Å²) in [5, 5.41) is 6.11. The predicted molar refractivity (Wildman–Crippen MR) is 84.4 cm³/mol. The molecule has 1 aromatic heterocycles. The van der Waals surface area contributed by atoms with Crippen LogP contribution in [-0.4, -0.2) is 12.0 Å². The molecule has 2 rings (SSSR count). The number of nitrogens with zero attached hydrogens (tertiary/aromatic N) is 1. The summed E-state index contributed by atoms with van der Waals surface area (Å²) >= 11 is 1.63. The van der Waals surface area contributed by atoms with E-state index in [2.05, 4.69) is 24.1 Å². The second-order valence-electron chi connectivity index (χ2n) is 5.31. The van der Waals surface area contributed by atoms with Crippen molar-refractivity contribution < 1.29 is 9.13 Å². The van der Waals surface area contributed by atoms with Gasteiger partial charge in [0, 0.05) is 29.0 Å². The van der Waals surface area contributed by atoms with Crippen LogP contribution >= 0.6 is 11.3 Å². The molecule has 0 spiro atoms. The van der Waals surface area contributed by atoms with Gasteiger partial charge in [-0.1, -0.05) is 19.9 Å². The molecule has 0 saturated carbocycles. The second-order valence-corrected chi connectivity index (χ2v) is 6.20. The Kier molecular flexibility index (Phi) is 5.31. The Balaban J connectivity index is 2.01. The second kappa shape index (κ2) is 7.00. The number of ether oxygens (including phenoxy) is 1. The first kappa shape index (κ1) is 15.9. The SMILES string of the molecule is CNC(C)c1ccc(OCc2csc(C(C)C)n2)cc1F. The largest absolute Gasteiger partial charge is 0.487 e. The normalized spacial score (nSPS) is 12.7. The summed E-state index contributed by atoms with van der Waals surface area (Å²) in [6, 6.07) is 4.96. The fraction of sp³-hybridized carbons (Fsp3) is 0.438. The van der Waals surface area contributed by atoms with E-state index in [1.807, 2.05) is 19.4 Å². The smallest absolute Gasteiger partial charge is 0.131 e. The molecule has 0 radical (unpaired) electrons. The van der Waals surface area contributed by atoms with Crippen molar-refractivity contribution in [1.29, 1.82) is 0 Å². The number of hydrogen-bond acceptors (Lipinski definition) is 4. The highest BCUT2D eigenvalue weighted by molar-refractivity contribution is 7.09. The maximum atomic E-state index is 14.0. The Morgan fingerprint density at radius 1 is 1.33 bits per heavy atom. The van der Waals surface area contributed by atoms with Crippen LogP contribution in [0.15, 0.2) is 23.6 Å². The van der Waals surface area contributed by atoms with Crippen molar-refractivity contribution in [2.24, 2.45) is 0 Å². The molecule has 1 atom stereocenters. The van der Waals surface area contributed by atoms with Gasteiger partial charge in [-0.2, -0.15) is 0 Å². The van der Waals surface area contributed by atoms with Gasteiger partial charge in [-0.25, -0.2) is 9.37 Å². The third-order valence-corrected chi connectivity index (χ3v) is 4.52. The minimum absolute atomic E-state index is 0.0220. The van der Waals surface area contributed by atoms with Crippen LogP contribution < -0.4 is 10.1 Å². The van der Waals surface area contributed by atoms with E-state index >= 15 is 0 Å². The highest BCUT2D eigenvalue weighted by atomic mass is 32.1. The molecule has 21 heavy (non-hydrogen) atoms. The highest BCUT2D eigenvalue weighted by Crippen LogP contribution is 2.23. The van der Waals surface area contributed by atoms with Gasteiger partial charge >= 0.3 is 0 Å². The Bertz CT molecular complexity index is 598. The molecule has 0 amide bonds. The lowest BCUT2D eigenvalue weighted by Gasteiger charge is -2.13. The van der Waals surface area contributed by atoms with Crippen molar-refractivity contribution in [2.45, 2.75) is 39.3 Å². The first-order valence-corrected chi connectivity index (χ1v) is 7.93. The van der Waals surface area contributed by atoms with E-state index in [0.717, 1.165) is 10.7 Å². The van der Waals surface area contributed by atoms with Gasteiger partial charge in [0.2, 0.25) is 0 Å². The van der Waals surface area contributed by atoms with Gasteiger partial charge in [-0.15, -0.1) is 11.3 Å². The van der Waals surface area contributed by atoms with Gasteiger partial charge in [0.25, 0.3) is 0 Å². The van der Waals surface area contributed by atoms with E-state index in [4.69, 9.17) is 4.74 Å². The van der Waals surface area contributed by atoms with Crippen molar-refractivity contribution in [3.05, 3.63) is 45.7 Å². The number of rotatable bonds is 6. The Hall–Kier alpha value is -1.46. The van der Waals surface area contributed by atoms with Crippen molar-refractivity contribution >= 4 is 11.3 Å². The minimum Gasteiger partial charge on any atom is -0.487 e. The van der Waals surface area contributed by atoms with E-state index in [0.29, 0.717) is 23.8 Å². The van der Waals surface area contributed by atoms with Crippen LogP contribution in [0.3, 0.4) is 0 Å². The summed E-state index contributed by atoms with van der Waals surface area (Å²) < 4.78 is 19.6. The zero-order valence-electron chi connectivity index (χ0n) is 12.8. The molecule has 0 fully saturated rings. The number of halogens is 1. The average Bonchev–Trinajstić information content (AvgIpc) is 2.93. The van der Waals surface area contributed by atoms with E-state index < -0.39 is 0 Å². The molecule has 0 saturated heterocycles. The van der Waals surface area contributed by atoms with Gasteiger partial charge in [-0.3, -0.25) is 0 Å². The average molecular weight is 308 g/mol. The van der Waals surface area contributed by atoms with E-state index in [1.165, 1.54) is 6.07 Å². The van der Waals surface area contributed by atoms with Gasteiger partial charge in [0.05, 0.1) is 10.7 Å². The molecule has 0 aliphatic carbocycles. The fourth-order valence-corrected chi connectivity index (χ4v) is 2.74. The van der Waals surface area contributed by atoms with E-state index in [-0.39, 0.29) is 11.9 Å². The number of thiazole rings is 1. The number of hydrogen-bond donors (Lipinski definition) is 1. The minimum atomic E-state index is -0.254. The topological polar surface area (TPSA) is 34.1 Å². The van der Waals surface area contributed by atoms with Crippen LogP contribution in [0.1, 0.15) is 49.0 Å². The predicted octanol–water partition coefficient (Wildman–Crippen LogP) is 4.27. The zero-order valence-corrected chi connectivity index (χ0v) is 13.6. The van der Waals surface area contributed by atoms with E-state index in [9.17, 15) is 4.39 Å². The Labute approximate surface area is 129 Å². The van der Waals surface area contributed by atoms with Crippen LogP contribution in [0.5, 0.6) is 5.75 Å². The number of aromatic nitrogens is 1. The Morgan fingerprint density at radius 3 is 2.67 bits per heavy atom. The molecule has 1 aromatic carbocycles. The summed E-state index contributed by atoms with van der Waals surface area (Å²) in [5.74, 6) is 0.692. The van der Waals surface area contributed by atoms with Crippen LogP contribution in [0.4, 0.5) is 4.39 Å². The van der Waals surface area contributed by atoms with Crippen LogP contribution in [-0.2, 0) is 6.61 Å². The van der Waals surface area contributed by atoms with Crippen LogP contribution in [0.2, 0.25) is 0 Å². The lowest BCUT2D eigenvalue weighted by molar-refractivity contribution is 0.300. The van der Waals surface area contributed by atoms with Crippen LogP contribution in [0, 0.1) is 5.82 Å². The molecule has 114 valence electrons. The molecule has 0 aliphatic heterocycles. The lowest BCUT2D eigenvalue weighted by Crippen LogP contribution is -2.13. The highest BCUT2D eigenvalue weighted by Gasteiger charge is 2.11.